The van der Waals surface area contributed by atoms with E-state index in [4.69, 9.17) is 0 Å². The van der Waals surface area contributed by atoms with Crippen LogP contribution in [0.15, 0.2) is 84.9 Å². The number of benzene rings is 3. The van der Waals surface area contributed by atoms with Crippen LogP contribution in [0, 0.1) is 0 Å². The molecule has 1 saturated heterocycles. The fraction of sp³-hybridized carbons (Fsp3) is 0.333. The van der Waals surface area contributed by atoms with Crippen LogP contribution in [0.25, 0.3) is 0 Å². The Hall–Kier alpha value is -3.44. The lowest BCUT2D eigenvalue weighted by atomic mass is 9.71. The fourth-order valence-electron chi connectivity index (χ4n) is 5.62. The van der Waals surface area contributed by atoms with Gasteiger partial charge in [0.15, 0.2) is 0 Å². The normalized spacial score (nSPS) is 20.8. The molecule has 35 heavy (non-hydrogen) atoms. The van der Waals surface area contributed by atoms with Crippen molar-refractivity contribution in [3.05, 3.63) is 107 Å². The molecular weight excluding hydrogens is 436 g/mol. The van der Waals surface area contributed by atoms with Gasteiger partial charge in [0, 0.05) is 25.9 Å². The molecular formula is C30H32N2O3. The average molecular weight is 469 g/mol. The van der Waals surface area contributed by atoms with E-state index in [1.54, 1.807) is 0 Å². The maximum atomic E-state index is 13.9. The minimum Gasteiger partial charge on any atom is -0.390 e. The Kier molecular flexibility index (Phi) is 6.69. The Labute approximate surface area is 206 Å². The molecule has 2 N–H and O–H groups in total. The lowest BCUT2D eigenvalue weighted by Gasteiger charge is -2.42. The summed E-state index contributed by atoms with van der Waals surface area (Å²) >= 11 is 0. The molecule has 2 aliphatic rings. The molecule has 1 aliphatic carbocycles. The van der Waals surface area contributed by atoms with Gasteiger partial charge < -0.3 is 15.3 Å². The highest BCUT2D eigenvalue weighted by atomic mass is 16.3. The Morgan fingerprint density at radius 3 is 2.23 bits per heavy atom. The van der Waals surface area contributed by atoms with Gasteiger partial charge in [-0.05, 0) is 41.5 Å². The number of carbonyl (C=O) groups is 2. The smallest absolute Gasteiger partial charge is 0.231 e. The van der Waals surface area contributed by atoms with Crippen molar-refractivity contribution in [1.82, 2.24) is 10.2 Å². The number of piperidine rings is 1. The minimum atomic E-state index is -0.727. The third-order valence-corrected chi connectivity index (χ3v) is 7.69. The molecule has 180 valence electrons. The molecule has 3 aromatic rings. The number of aliphatic hydroxyl groups excluding tert-OH is 1. The number of amides is 2. The van der Waals surface area contributed by atoms with Gasteiger partial charge in [0.2, 0.25) is 11.8 Å². The van der Waals surface area contributed by atoms with E-state index in [0.717, 1.165) is 28.7 Å². The molecule has 1 aliphatic heterocycles. The zero-order valence-electron chi connectivity index (χ0n) is 19.9. The van der Waals surface area contributed by atoms with Gasteiger partial charge in [0.1, 0.15) is 0 Å². The summed E-state index contributed by atoms with van der Waals surface area (Å²) < 4.78 is 0. The number of carbonyl (C=O) groups excluding carboxylic acids is 2. The first kappa shape index (κ1) is 23.3. The average Bonchev–Trinajstić information content (AvgIpc) is 3.23. The summed E-state index contributed by atoms with van der Waals surface area (Å²) in [6.45, 7) is 1.08. The number of hydrogen-bond donors (Lipinski definition) is 2. The molecule has 2 amide bonds. The van der Waals surface area contributed by atoms with Crippen LogP contribution in [-0.2, 0) is 27.8 Å². The highest BCUT2D eigenvalue weighted by Gasteiger charge is 2.45. The van der Waals surface area contributed by atoms with Crippen LogP contribution in [0.2, 0.25) is 0 Å². The number of nitrogens with one attached hydrogen (secondary N) is 1. The molecule has 5 nitrogen and oxygen atoms in total. The van der Waals surface area contributed by atoms with Crippen molar-refractivity contribution in [2.24, 2.45) is 0 Å². The first-order valence-electron chi connectivity index (χ1n) is 12.5. The van der Waals surface area contributed by atoms with Gasteiger partial charge in [0.25, 0.3) is 0 Å². The molecule has 5 rings (SSSR count). The quantitative estimate of drug-likeness (QED) is 0.576. The van der Waals surface area contributed by atoms with Crippen LogP contribution in [0.3, 0.4) is 0 Å². The lowest BCUT2D eigenvalue weighted by molar-refractivity contribution is -0.137. The highest BCUT2D eigenvalue weighted by Crippen LogP contribution is 2.38. The third kappa shape index (κ3) is 4.73. The Morgan fingerprint density at radius 1 is 0.886 bits per heavy atom. The summed E-state index contributed by atoms with van der Waals surface area (Å²) in [7, 11) is 0. The van der Waals surface area contributed by atoms with E-state index >= 15 is 0 Å². The van der Waals surface area contributed by atoms with Crippen molar-refractivity contribution in [1.29, 1.82) is 0 Å². The summed E-state index contributed by atoms with van der Waals surface area (Å²) in [4.78, 5) is 28.7. The molecule has 0 radical (unpaired) electrons. The summed E-state index contributed by atoms with van der Waals surface area (Å²) in [5.74, 6) is 0.0666. The Balaban J connectivity index is 1.31. The maximum Gasteiger partial charge on any atom is 0.231 e. The first-order chi connectivity index (χ1) is 17.1. The van der Waals surface area contributed by atoms with Crippen molar-refractivity contribution in [2.75, 3.05) is 13.1 Å². The van der Waals surface area contributed by atoms with E-state index < -0.39 is 17.6 Å². The molecule has 3 aromatic carbocycles. The van der Waals surface area contributed by atoms with Crippen molar-refractivity contribution in [3.63, 3.8) is 0 Å². The Bertz CT molecular complexity index is 1170. The molecule has 5 heteroatoms. The predicted octanol–water partition coefficient (Wildman–Crippen LogP) is 3.95. The fourth-order valence-corrected chi connectivity index (χ4v) is 5.62. The number of aliphatic hydroxyl groups is 1. The number of aryl methyl sites for hydroxylation is 1. The highest BCUT2D eigenvalue weighted by molar-refractivity contribution is 5.89. The zero-order valence-corrected chi connectivity index (χ0v) is 19.9. The second-order valence-corrected chi connectivity index (χ2v) is 9.74. The van der Waals surface area contributed by atoms with Gasteiger partial charge in [-0.15, -0.1) is 0 Å². The number of nitrogens with zero attached hydrogens (tertiary/aromatic N) is 1. The maximum absolute atomic E-state index is 13.9. The molecule has 0 bridgehead atoms. The molecule has 0 saturated carbocycles. The van der Waals surface area contributed by atoms with Crippen molar-refractivity contribution in [2.45, 2.75) is 49.7 Å². The zero-order chi connectivity index (χ0) is 24.3. The number of rotatable bonds is 6. The van der Waals surface area contributed by atoms with Gasteiger partial charge in [-0.2, -0.15) is 0 Å². The van der Waals surface area contributed by atoms with E-state index in [1.807, 2.05) is 89.8 Å². The number of likely N-dealkylation sites (tertiary alicyclic amines) is 1. The van der Waals surface area contributed by atoms with Gasteiger partial charge in [-0.1, -0.05) is 84.9 Å². The second kappa shape index (κ2) is 10.0. The van der Waals surface area contributed by atoms with Crippen LogP contribution in [-0.4, -0.2) is 41.0 Å². The van der Waals surface area contributed by atoms with Crippen LogP contribution in [0.1, 0.15) is 47.6 Å². The summed E-state index contributed by atoms with van der Waals surface area (Å²) in [5, 5.41) is 13.9. The van der Waals surface area contributed by atoms with Crippen molar-refractivity contribution in [3.8, 4) is 0 Å². The molecule has 1 heterocycles. The second-order valence-electron chi connectivity index (χ2n) is 9.74. The van der Waals surface area contributed by atoms with Crippen LogP contribution < -0.4 is 5.32 Å². The van der Waals surface area contributed by atoms with E-state index in [9.17, 15) is 14.7 Å². The lowest BCUT2D eigenvalue weighted by Crippen LogP contribution is -2.54. The van der Waals surface area contributed by atoms with E-state index in [-0.39, 0.29) is 11.8 Å². The predicted molar refractivity (Wildman–Crippen MR) is 136 cm³/mol. The first-order valence-corrected chi connectivity index (χ1v) is 12.5. The van der Waals surface area contributed by atoms with Crippen LogP contribution >= 0.6 is 0 Å². The minimum absolute atomic E-state index is 0.0687. The number of fused-ring (bicyclic) bond motifs is 1. The molecule has 0 aromatic heterocycles. The van der Waals surface area contributed by atoms with Crippen LogP contribution in [0.4, 0.5) is 0 Å². The van der Waals surface area contributed by atoms with Gasteiger partial charge >= 0.3 is 0 Å². The molecule has 0 spiro atoms. The van der Waals surface area contributed by atoms with E-state index in [1.165, 1.54) is 0 Å². The third-order valence-electron chi connectivity index (χ3n) is 7.69. The van der Waals surface area contributed by atoms with Gasteiger partial charge in [0.05, 0.1) is 17.6 Å². The summed E-state index contributed by atoms with van der Waals surface area (Å²) in [6.07, 6.45) is 2.22. The summed E-state index contributed by atoms with van der Waals surface area (Å²) in [5.41, 5.74) is 3.47. The van der Waals surface area contributed by atoms with Gasteiger partial charge in [-0.25, -0.2) is 0 Å². The van der Waals surface area contributed by atoms with Crippen molar-refractivity contribution >= 4 is 11.8 Å². The van der Waals surface area contributed by atoms with E-state index in [2.05, 4.69) is 5.32 Å². The van der Waals surface area contributed by atoms with E-state index in [0.29, 0.717) is 38.8 Å². The standard InChI is InChI=1S/C30H32N2O3/c33-26-21-23-11-7-8-14-25(23)28(26)31-29(35)30(24-12-5-2-6-13-24)17-19-32(20-18-30)27(34)16-15-22-9-3-1-4-10-22/h1-14,26,28,33H,15-21H2,(H,31,35)/t26-,28?/m0/s1. The summed E-state index contributed by atoms with van der Waals surface area (Å²) in [6, 6.07) is 27.4. The molecule has 1 fully saturated rings. The largest absolute Gasteiger partial charge is 0.390 e. The molecule has 1 unspecified atom stereocenters. The monoisotopic (exact) mass is 468 g/mol. The Morgan fingerprint density at radius 2 is 1.51 bits per heavy atom. The molecule has 2 atom stereocenters. The van der Waals surface area contributed by atoms with Crippen LogP contribution in [0.5, 0.6) is 0 Å². The SMILES string of the molecule is O=C(CCc1ccccc1)N1CCC(C(=O)NC2c3ccccc3C[C@@H]2O)(c2ccccc2)CC1. The topological polar surface area (TPSA) is 69.6 Å². The number of hydrogen-bond acceptors (Lipinski definition) is 3. The van der Waals surface area contributed by atoms with Gasteiger partial charge in [-0.3, -0.25) is 9.59 Å². The van der Waals surface area contributed by atoms with Crippen molar-refractivity contribution < 1.29 is 14.7 Å².